The first kappa shape index (κ1) is 26.0. The van der Waals surface area contributed by atoms with Crippen LogP contribution >= 0.6 is 22.9 Å². The van der Waals surface area contributed by atoms with E-state index in [0.717, 1.165) is 17.4 Å². The maximum Gasteiger partial charge on any atom is 0.416 e. The largest absolute Gasteiger partial charge is 0.492 e. The Kier molecular flexibility index (Phi) is 7.01. The van der Waals surface area contributed by atoms with Crippen molar-refractivity contribution in [3.63, 3.8) is 0 Å². The average molecular weight is 564 g/mol. The molecule has 1 amide bonds. The van der Waals surface area contributed by atoms with Crippen LogP contribution in [0.4, 0.5) is 23.1 Å². The second-order valence-electron chi connectivity index (χ2n) is 8.83. The molecule has 3 aromatic rings. The van der Waals surface area contributed by atoms with Crippen molar-refractivity contribution in [2.45, 2.75) is 19.0 Å². The van der Waals surface area contributed by atoms with E-state index in [9.17, 15) is 28.2 Å². The van der Waals surface area contributed by atoms with Gasteiger partial charge in [-0.15, -0.1) is 0 Å². The van der Waals surface area contributed by atoms with Crippen molar-refractivity contribution in [1.29, 1.82) is 0 Å². The van der Waals surface area contributed by atoms with Crippen molar-refractivity contribution in [2.24, 2.45) is 10.2 Å². The summed E-state index contributed by atoms with van der Waals surface area (Å²) in [7, 11) is 0. The molecule has 198 valence electrons. The quantitative estimate of drug-likeness (QED) is 0.497. The van der Waals surface area contributed by atoms with Crippen molar-refractivity contribution in [3.8, 4) is 5.88 Å². The van der Waals surface area contributed by atoms with Crippen LogP contribution in [0.5, 0.6) is 5.88 Å². The summed E-state index contributed by atoms with van der Waals surface area (Å²) >= 11 is 7.04. The fourth-order valence-electron chi connectivity index (χ4n) is 4.49. The van der Waals surface area contributed by atoms with Crippen molar-refractivity contribution in [3.05, 3.63) is 73.6 Å². The number of amides is 1. The third-order valence-corrected chi connectivity index (χ3v) is 7.79. The minimum absolute atomic E-state index is 0.00280. The van der Waals surface area contributed by atoms with E-state index in [-0.39, 0.29) is 29.4 Å². The highest BCUT2D eigenvalue weighted by atomic mass is 35.5. The van der Waals surface area contributed by atoms with Gasteiger partial charge in [-0.2, -0.15) is 28.4 Å². The van der Waals surface area contributed by atoms with E-state index in [0.29, 0.717) is 57.8 Å². The van der Waals surface area contributed by atoms with Gasteiger partial charge in [0.2, 0.25) is 5.88 Å². The molecule has 0 aliphatic carbocycles. The summed E-state index contributed by atoms with van der Waals surface area (Å²) in [6, 6.07) is 8.85. The molecule has 0 saturated carbocycles. The predicted octanol–water partition coefficient (Wildman–Crippen LogP) is 4.12. The minimum atomic E-state index is -4.63. The fourth-order valence-corrected chi connectivity index (χ4v) is 5.74. The van der Waals surface area contributed by atoms with Gasteiger partial charge in [0.25, 0.3) is 0 Å². The Morgan fingerprint density at radius 3 is 2.68 bits per heavy atom. The van der Waals surface area contributed by atoms with E-state index >= 15 is 0 Å². The van der Waals surface area contributed by atoms with Gasteiger partial charge in [-0.1, -0.05) is 35.1 Å². The Morgan fingerprint density at radius 1 is 1.11 bits per heavy atom. The summed E-state index contributed by atoms with van der Waals surface area (Å²) in [5.41, 5.74) is 0.296. The molecule has 0 atom stereocenters. The molecule has 1 aromatic heterocycles. The molecule has 2 aliphatic heterocycles. The zero-order valence-corrected chi connectivity index (χ0v) is 21.3. The maximum atomic E-state index is 13.9. The van der Waals surface area contributed by atoms with Crippen LogP contribution in [0.15, 0.2) is 46.6 Å². The summed E-state index contributed by atoms with van der Waals surface area (Å²) < 4.78 is 41.7. The van der Waals surface area contributed by atoms with Crippen molar-refractivity contribution in [1.82, 2.24) is 9.88 Å². The maximum absolute atomic E-state index is 13.9. The molecule has 8 nitrogen and oxygen atoms in total. The number of benzene rings is 2. The minimum Gasteiger partial charge on any atom is -0.492 e. The normalized spacial score (nSPS) is 16.2. The van der Waals surface area contributed by atoms with Gasteiger partial charge in [-0.3, -0.25) is 0 Å². The lowest BCUT2D eigenvalue weighted by molar-refractivity contribution is -0.138. The second kappa shape index (κ2) is 10.3. The lowest BCUT2D eigenvalue weighted by Gasteiger charge is -2.19. The Hall–Kier alpha value is -3.64. The Morgan fingerprint density at radius 2 is 1.92 bits per heavy atom. The molecule has 0 spiro atoms. The molecule has 0 radical (unpaired) electrons. The second-order valence-corrected chi connectivity index (χ2v) is 10.2. The highest BCUT2D eigenvalue weighted by Gasteiger charge is 2.34. The van der Waals surface area contributed by atoms with E-state index in [4.69, 9.17) is 11.6 Å². The predicted molar refractivity (Wildman–Crippen MR) is 138 cm³/mol. The first-order chi connectivity index (χ1) is 18.1. The zero-order chi connectivity index (χ0) is 27.0. The molecule has 0 bridgehead atoms. The van der Waals surface area contributed by atoms with Crippen LogP contribution in [0.25, 0.3) is 5.57 Å². The van der Waals surface area contributed by atoms with Crippen molar-refractivity contribution in [2.75, 3.05) is 31.1 Å². The van der Waals surface area contributed by atoms with Crippen molar-refractivity contribution < 1.29 is 28.2 Å². The molecular weight excluding hydrogens is 543 g/mol. The van der Waals surface area contributed by atoms with Gasteiger partial charge in [0.1, 0.15) is 0 Å². The number of aromatic hydroxyl groups is 1. The summed E-state index contributed by atoms with van der Waals surface area (Å²) in [6.07, 6.45) is -3.64. The lowest BCUT2D eigenvalue weighted by atomic mass is 9.96. The zero-order valence-electron chi connectivity index (χ0n) is 19.7. The highest BCUT2D eigenvalue weighted by molar-refractivity contribution is 7.17. The first-order valence-electron chi connectivity index (χ1n) is 11.6. The van der Waals surface area contributed by atoms with Crippen LogP contribution in [-0.2, 0) is 12.6 Å². The van der Waals surface area contributed by atoms with E-state index < -0.39 is 17.8 Å². The molecular formula is C25H21ClF3N5O3S. The molecule has 5 rings (SSSR count). The monoisotopic (exact) mass is 563 g/mol. The number of aromatic nitrogens is 1. The van der Waals surface area contributed by atoms with Gasteiger partial charge >= 0.3 is 12.3 Å². The third-order valence-electron chi connectivity index (χ3n) is 6.39. The van der Waals surface area contributed by atoms with Crippen LogP contribution < -0.4 is 15.5 Å². The molecule has 13 heteroatoms. The van der Waals surface area contributed by atoms with Gasteiger partial charge in [0, 0.05) is 43.2 Å². The standard InChI is InChI=1S/C25H21ClF3N5O3S/c26-17-4-2-15(19(12-17)25(27,28)29)11-18(14-3-5-20-16(10-14)13-30-32-20)21-22(35)31-23(38-21)33-6-1-7-34(9-8-33)24(36)37/h2-5,10,12-13,35H,1,6-9,11H2,(H,36,37). The molecule has 1 fully saturated rings. The molecule has 1 saturated heterocycles. The highest BCUT2D eigenvalue weighted by Crippen LogP contribution is 2.39. The Balaban J connectivity index is 1.60. The van der Waals surface area contributed by atoms with Gasteiger partial charge < -0.3 is 20.0 Å². The number of hydrogen-bond acceptors (Lipinski definition) is 7. The van der Waals surface area contributed by atoms with E-state index in [2.05, 4.69) is 15.2 Å². The van der Waals surface area contributed by atoms with E-state index in [1.165, 1.54) is 17.0 Å². The lowest BCUT2D eigenvalue weighted by Crippen LogP contribution is -2.34. The molecule has 0 unspecified atom stereocenters. The number of anilines is 1. The van der Waals surface area contributed by atoms with Gasteiger partial charge in [0.05, 0.1) is 22.0 Å². The van der Waals surface area contributed by atoms with E-state index in [1.54, 1.807) is 24.4 Å². The number of fused-ring (bicyclic) bond motifs is 1. The van der Waals surface area contributed by atoms with E-state index in [1.807, 2.05) is 4.90 Å². The smallest absolute Gasteiger partial charge is 0.416 e. The molecule has 2 aliphatic rings. The molecule has 2 N–H and O–H groups in total. The van der Waals surface area contributed by atoms with Crippen LogP contribution in [0, 0.1) is 0 Å². The average Bonchev–Trinajstić information content (AvgIpc) is 3.40. The fraction of sp³-hybridized carbons (Fsp3) is 0.280. The SMILES string of the molecule is O=C(O)N1CCCN(c2nc(O)c(C(Cc3ccc(Cl)cc3C(F)(F)F)=c3ccc4c(c3)C=NN=4)s2)CC1. The number of alkyl halides is 3. The Bertz CT molecular complexity index is 1560. The molecule has 2 aromatic carbocycles. The number of carbonyl (C=O) groups is 1. The number of nitrogens with zero attached hydrogens (tertiary/aromatic N) is 5. The van der Waals surface area contributed by atoms with Gasteiger partial charge in [-0.25, -0.2) is 4.79 Å². The van der Waals surface area contributed by atoms with Crippen LogP contribution in [0.2, 0.25) is 5.02 Å². The Labute approximate surface area is 223 Å². The van der Waals surface area contributed by atoms with Gasteiger partial charge in [-0.05, 0) is 47.0 Å². The topological polar surface area (TPSA) is 102 Å². The number of rotatable bonds is 4. The van der Waals surface area contributed by atoms with Crippen LogP contribution in [-0.4, -0.2) is 58.6 Å². The third kappa shape index (κ3) is 5.32. The summed E-state index contributed by atoms with van der Waals surface area (Å²) in [4.78, 5) is 19.2. The summed E-state index contributed by atoms with van der Waals surface area (Å²) in [5.74, 6) is -0.305. The first-order valence-corrected chi connectivity index (χ1v) is 12.8. The molecule has 38 heavy (non-hydrogen) atoms. The summed E-state index contributed by atoms with van der Waals surface area (Å²) in [6.45, 7) is 1.55. The van der Waals surface area contributed by atoms with Gasteiger partial charge in [0.15, 0.2) is 5.13 Å². The number of carboxylic acid groups (broad SMARTS) is 1. The number of halogens is 4. The number of thiazole rings is 1. The van der Waals surface area contributed by atoms with Crippen molar-refractivity contribution >= 4 is 46.0 Å². The number of hydrogen-bond donors (Lipinski definition) is 2. The summed E-state index contributed by atoms with van der Waals surface area (Å²) in [5, 5.41) is 29.8. The molecule has 3 heterocycles. The van der Waals surface area contributed by atoms with Crippen LogP contribution in [0.3, 0.4) is 0 Å². The van der Waals surface area contributed by atoms with Crippen LogP contribution in [0.1, 0.15) is 28.0 Å².